The van der Waals surface area contributed by atoms with Crippen LogP contribution in [0, 0.1) is 17.1 Å². The van der Waals surface area contributed by atoms with E-state index in [1.165, 1.54) is 12.1 Å². The van der Waals surface area contributed by atoms with Crippen LogP contribution in [0.2, 0.25) is 0 Å². The highest BCUT2D eigenvalue weighted by atomic mass is 19.1. The molecule has 1 N–H and O–H groups in total. The molecule has 0 aromatic heterocycles. The van der Waals surface area contributed by atoms with Gasteiger partial charge in [0.1, 0.15) is 5.82 Å². The van der Waals surface area contributed by atoms with E-state index in [4.69, 9.17) is 5.26 Å². The molecule has 1 fully saturated rings. The number of nitrogens with one attached hydrogen (secondary N) is 1. The molecule has 1 aromatic carbocycles. The number of anilines is 1. The minimum absolute atomic E-state index is 0.345. The molecule has 0 amide bonds. The summed E-state index contributed by atoms with van der Waals surface area (Å²) in [5, 5.41) is 12.0. The molecule has 0 unspecified atom stereocenters. The van der Waals surface area contributed by atoms with Gasteiger partial charge in [0.05, 0.1) is 11.6 Å². The van der Waals surface area contributed by atoms with Crippen LogP contribution < -0.4 is 10.2 Å². The zero-order chi connectivity index (χ0) is 10.7. The van der Waals surface area contributed by atoms with E-state index in [-0.39, 0.29) is 5.82 Å². The summed E-state index contributed by atoms with van der Waals surface area (Å²) in [6.07, 6.45) is 0. The average Bonchev–Trinajstić information content (AvgIpc) is 2.29. The summed E-state index contributed by atoms with van der Waals surface area (Å²) < 4.78 is 13.2. The quantitative estimate of drug-likeness (QED) is 0.746. The molecule has 4 heteroatoms. The summed E-state index contributed by atoms with van der Waals surface area (Å²) in [7, 11) is 0. The maximum atomic E-state index is 13.2. The number of nitriles is 1. The lowest BCUT2D eigenvalue weighted by Gasteiger charge is -2.29. The minimum atomic E-state index is -0.345. The number of rotatable bonds is 1. The van der Waals surface area contributed by atoms with Gasteiger partial charge in [-0.1, -0.05) is 0 Å². The minimum Gasteiger partial charge on any atom is -0.369 e. The van der Waals surface area contributed by atoms with Gasteiger partial charge >= 0.3 is 0 Å². The molecule has 3 nitrogen and oxygen atoms in total. The Bertz CT molecular complexity index is 391. The predicted octanol–water partition coefficient (Wildman–Crippen LogP) is 1.11. The Morgan fingerprint density at radius 2 is 2.00 bits per heavy atom. The smallest absolute Gasteiger partial charge is 0.126 e. The highest BCUT2D eigenvalue weighted by Gasteiger charge is 2.11. The lowest BCUT2D eigenvalue weighted by atomic mass is 10.2. The molecule has 0 bridgehead atoms. The Morgan fingerprint density at radius 1 is 1.27 bits per heavy atom. The lowest BCUT2D eigenvalue weighted by molar-refractivity contribution is 0.584. The third-order valence-electron chi connectivity index (χ3n) is 2.49. The van der Waals surface area contributed by atoms with Crippen LogP contribution in [0.15, 0.2) is 18.2 Å². The van der Waals surface area contributed by atoms with Gasteiger partial charge in [-0.2, -0.15) is 5.26 Å². The SMILES string of the molecule is N#Cc1cc(F)cc(N2CCNCC2)c1. The number of hydrogen-bond donors (Lipinski definition) is 1. The van der Waals surface area contributed by atoms with Crippen LogP contribution in [-0.4, -0.2) is 26.2 Å². The van der Waals surface area contributed by atoms with E-state index in [0.29, 0.717) is 5.56 Å². The van der Waals surface area contributed by atoms with Crippen molar-refractivity contribution in [3.05, 3.63) is 29.6 Å². The topological polar surface area (TPSA) is 39.1 Å². The molecule has 0 saturated carbocycles. The van der Waals surface area contributed by atoms with Crippen LogP contribution in [0.1, 0.15) is 5.56 Å². The van der Waals surface area contributed by atoms with Crippen LogP contribution in [0.4, 0.5) is 10.1 Å². The molecule has 2 rings (SSSR count). The Labute approximate surface area is 88.1 Å². The monoisotopic (exact) mass is 205 g/mol. The van der Waals surface area contributed by atoms with Gasteiger partial charge in [-0.05, 0) is 18.2 Å². The van der Waals surface area contributed by atoms with Gasteiger partial charge in [-0.3, -0.25) is 0 Å². The van der Waals surface area contributed by atoms with Crippen molar-refractivity contribution in [3.8, 4) is 6.07 Å². The number of benzene rings is 1. The van der Waals surface area contributed by atoms with E-state index in [2.05, 4.69) is 10.2 Å². The fraction of sp³-hybridized carbons (Fsp3) is 0.364. The number of nitrogens with zero attached hydrogens (tertiary/aromatic N) is 2. The first-order valence-electron chi connectivity index (χ1n) is 4.96. The molecule has 1 aliphatic rings. The lowest BCUT2D eigenvalue weighted by Crippen LogP contribution is -2.43. The second kappa shape index (κ2) is 4.28. The van der Waals surface area contributed by atoms with Gasteiger partial charge in [0, 0.05) is 31.9 Å². The molecule has 0 atom stereocenters. The van der Waals surface area contributed by atoms with Crippen LogP contribution >= 0.6 is 0 Å². The van der Waals surface area contributed by atoms with Crippen molar-refractivity contribution in [1.29, 1.82) is 5.26 Å². The number of hydrogen-bond acceptors (Lipinski definition) is 3. The first kappa shape index (κ1) is 9.94. The fourth-order valence-corrected chi connectivity index (χ4v) is 1.74. The molecule has 0 spiro atoms. The summed E-state index contributed by atoms with van der Waals surface area (Å²) in [5.41, 5.74) is 1.18. The second-order valence-corrected chi connectivity index (χ2v) is 3.55. The van der Waals surface area contributed by atoms with Crippen molar-refractivity contribution in [2.24, 2.45) is 0 Å². The Balaban J connectivity index is 2.27. The van der Waals surface area contributed by atoms with E-state index >= 15 is 0 Å². The Hall–Kier alpha value is -1.60. The maximum absolute atomic E-state index is 13.2. The summed E-state index contributed by atoms with van der Waals surface area (Å²) in [6.45, 7) is 3.51. The molecule has 78 valence electrons. The van der Waals surface area contributed by atoms with E-state index < -0.39 is 0 Å². The molecule has 1 heterocycles. The molecule has 1 aromatic rings. The molecular weight excluding hydrogens is 193 g/mol. The van der Waals surface area contributed by atoms with Gasteiger partial charge in [0.2, 0.25) is 0 Å². The molecule has 1 aliphatic heterocycles. The van der Waals surface area contributed by atoms with Gasteiger partial charge in [-0.25, -0.2) is 4.39 Å². The summed E-state index contributed by atoms with van der Waals surface area (Å²) in [6, 6.07) is 6.43. The first-order chi connectivity index (χ1) is 7.29. The molecular formula is C11H12FN3. The second-order valence-electron chi connectivity index (χ2n) is 3.55. The first-order valence-corrected chi connectivity index (χ1v) is 4.96. The van der Waals surface area contributed by atoms with E-state index in [0.717, 1.165) is 31.9 Å². The zero-order valence-electron chi connectivity index (χ0n) is 8.33. The number of halogens is 1. The predicted molar refractivity (Wildman–Crippen MR) is 56.2 cm³/mol. The Kier molecular flexibility index (Phi) is 2.84. The van der Waals surface area contributed by atoms with Crippen LogP contribution in [0.3, 0.4) is 0 Å². The summed E-state index contributed by atoms with van der Waals surface area (Å²) in [5.74, 6) is -0.345. The standard InChI is InChI=1S/C11H12FN3/c12-10-5-9(8-13)6-11(7-10)15-3-1-14-2-4-15/h5-7,14H,1-4H2. The molecule has 0 aliphatic carbocycles. The van der Waals surface area contributed by atoms with Gasteiger partial charge in [0.25, 0.3) is 0 Å². The third kappa shape index (κ3) is 2.25. The van der Waals surface area contributed by atoms with Crippen molar-refractivity contribution >= 4 is 5.69 Å². The van der Waals surface area contributed by atoms with Crippen molar-refractivity contribution in [2.45, 2.75) is 0 Å². The fourth-order valence-electron chi connectivity index (χ4n) is 1.74. The van der Waals surface area contributed by atoms with Crippen LogP contribution in [0.5, 0.6) is 0 Å². The number of piperazine rings is 1. The van der Waals surface area contributed by atoms with E-state index in [1.807, 2.05) is 6.07 Å². The molecule has 0 radical (unpaired) electrons. The van der Waals surface area contributed by atoms with Crippen molar-refractivity contribution in [3.63, 3.8) is 0 Å². The molecule has 1 saturated heterocycles. The van der Waals surface area contributed by atoms with Crippen molar-refractivity contribution < 1.29 is 4.39 Å². The third-order valence-corrected chi connectivity index (χ3v) is 2.49. The van der Waals surface area contributed by atoms with Crippen LogP contribution in [0.25, 0.3) is 0 Å². The summed E-state index contributed by atoms with van der Waals surface area (Å²) >= 11 is 0. The maximum Gasteiger partial charge on any atom is 0.126 e. The van der Waals surface area contributed by atoms with Gasteiger partial charge in [-0.15, -0.1) is 0 Å². The highest BCUT2D eigenvalue weighted by molar-refractivity contribution is 5.52. The zero-order valence-corrected chi connectivity index (χ0v) is 8.33. The molecule has 15 heavy (non-hydrogen) atoms. The Morgan fingerprint density at radius 3 is 2.67 bits per heavy atom. The van der Waals surface area contributed by atoms with Crippen molar-refractivity contribution in [1.82, 2.24) is 5.32 Å². The van der Waals surface area contributed by atoms with Gasteiger partial charge < -0.3 is 10.2 Å². The van der Waals surface area contributed by atoms with Crippen LogP contribution in [-0.2, 0) is 0 Å². The summed E-state index contributed by atoms with van der Waals surface area (Å²) in [4.78, 5) is 2.08. The highest BCUT2D eigenvalue weighted by Crippen LogP contribution is 2.18. The van der Waals surface area contributed by atoms with Crippen molar-refractivity contribution in [2.75, 3.05) is 31.1 Å². The van der Waals surface area contributed by atoms with Gasteiger partial charge in [0.15, 0.2) is 0 Å². The van der Waals surface area contributed by atoms with E-state index in [9.17, 15) is 4.39 Å². The largest absolute Gasteiger partial charge is 0.369 e. The average molecular weight is 205 g/mol. The normalized spacial score (nSPS) is 16.1. The van der Waals surface area contributed by atoms with E-state index in [1.54, 1.807) is 6.07 Å².